The van der Waals surface area contributed by atoms with Crippen LogP contribution in [0.15, 0.2) is 12.4 Å². The second kappa shape index (κ2) is 6.68. The van der Waals surface area contributed by atoms with Gasteiger partial charge < -0.3 is 24.8 Å². The molecule has 0 aromatic carbocycles. The van der Waals surface area contributed by atoms with Gasteiger partial charge in [-0.05, 0) is 25.3 Å². The average Bonchev–Trinajstić information content (AvgIpc) is 3.20. The monoisotopic (exact) mass is 350 g/mol. The van der Waals surface area contributed by atoms with Crippen molar-refractivity contribution in [2.75, 3.05) is 19.7 Å². The SMILES string of the molecule is CC(=O)N1CCC(N[C@H]2[C@H](O)[C@@H](n3cc(C)cn3)[C@@H]3OC[C@H]2O3)CC1. The number of aliphatic hydroxyl groups is 1. The number of aromatic nitrogens is 2. The van der Waals surface area contributed by atoms with Crippen molar-refractivity contribution in [2.45, 2.75) is 63.3 Å². The van der Waals surface area contributed by atoms with E-state index in [4.69, 9.17) is 9.47 Å². The number of piperidine rings is 1. The standard InChI is InChI=1S/C17H26N4O4/c1-10-7-18-21(8-10)15-16(23)14(13-9-24-17(15)25-13)19-12-3-5-20(6-4-12)11(2)22/h7-8,12-17,19,23H,3-6,9H2,1-2H3/t13-,14-,15-,16+,17-/m1/s1. The summed E-state index contributed by atoms with van der Waals surface area (Å²) in [7, 11) is 0. The summed E-state index contributed by atoms with van der Waals surface area (Å²) in [5, 5.41) is 18.9. The molecule has 8 heteroatoms. The lowest BCUT2D eigenvalue weighted by Gasteiger charge is -2.41. The van der Waals surface area contributed by atoms with Crippen molar-refractivity contribution < 1.29 is 19.4 Å². The smallest absolute Gasteiger partial charge is 0.219 e. The Balaban J connectivity index is 1.45. The largest absolute Gasteiger partial charge is 0.389 e. The average molecular weight is 350 g/mol. The molecule has 138 valence electrons. The molecule has 0 unspecified atom stereocenters. The van der Waals surface area contributed by atoms with Gasteiger partial charge in [0.2, 0.25) is 5.91 Å². The van der Waals surface area contributed by atoms with Gasteiger partial charge in [-0.3, -0.25) is 9.48 Å². The molecule has 8 nitrogen and oxygen atoms in total. The van der Waals surface area contributed by atoms with Crippen LogP contribution in [0.3, 0.4) is 0 Å². The van der Waals surface area contributed by atoms with Crippen molar-refractivity contribution in [2.24, 2.45) is 0 Å². The normalized spacial score (nSPS) is 36.0. The van der Waals surface area contributed by atoms with Crippen LogP contribution in [0.25, 0.3) is 0 Å². The molecule has 1 aromatic rings. The fourth-order valence-electron chi connectivity index (χ4n) is 4.12. The topological polar surface area (TPSA) is 88.9 Å². The van der Waals surface area contributed by atoms with E-state index in [1.165, 1.54) is 0 Å². The summed E-state index contributed by atoms with van der Waals surface area (Å²) in [4.78, 5) is 13.3. The van der Waals surface area contributed by atoms with Crippen molar-refractivity contribution >= 4 is 5.91 Å². The Morgan fingerprint density at radius 2 is 2.16 bits per heavy atom. The summed E-state index contributed by atoms with van der Waals surface area (Å²) >= 11 is 0. The summed E-state index contributed by atoms with van der Waals surface area (Å²) in [5.41, 5.74) is 1.04. The zero-order chi connectivity index (χ0) is 17.6. The van der Waals surface area contributed by atoms with E-state index in [2.05, 4.69) is 10.4 Å². The number of aryl methyl sites for hydroxylation is 1. The van der Waals surface area contributed by atoms with Crippen LogP contribution in [-0.2, 0) is 14.3 Å². The second-order valence-electron chi connectivity index (χ2n) is 7.33. The number of hydrogen-bond donors (Lipinski definition) is 2. The Morgan fingerprint density at radius 3 is 2.80 bits per heavy atom. The Bertz CT molecular complexity index is 628. The minimum absolute atomic E-state index is 0.126. The number of rotatable bonds is 3. The Labute approximate surface area is 147 Å². The fraction of sp³-hybridized carbons (Fsp3) is 0.765. The molecular weight excluding hydrogens is 324 g/mol. The maximum absolute atomic E-state index is 11.5. The van der Waals surface area contributed by atoms with Crippen molar-refractivity contribution in [1.29, 1.82) is 0 Å². The van der Waals surface area contributed by atoms with Crippen LogP contribution in [0.1, 0.15) is 31.4 Å². The van der Waals surface area contributed by atoms with Crippen LogP contribution in [-0.4, -0.2) is 76.0 Å². The van der Waals surface area contributed by atoms with Crippen molar-refractivity contribution in [3.05, 3.63) is 18.0 Å². The quantitative estimate of drug-likeness (QED) is 0.786. The number of amides is 1. The lowest BCUT2D eigenvalue weighted by Crippen LogP contribution is -2.61. The van der Waals surface area contributed by atoms with Crippen molar-refractivity contribution in [3.8, 4) is 0 Å². The van der Waals surface area contributed by atoms with Crippen LogP contribution < -0.4 is 5.32 Å². The highest BCUT2D eigenvalue weighted by atomic mass is 16.7. The van der Waals surface area contributed by atoms with E-state index in [1.54, 1.807) is 17.8 Å². The molecule has 5 atom stereocenters. The molecule has 0 saturated carbocycles. The molecular formula is C17H26N4O4. The van der Waals surface area contributed by atoms with E-state index in [0.29, 0.717) is 6.61 Å². The van der Waals surface area contributed by atoms with Crippen LogP contribution in [0, 0.1) is 6.92 Å². The van der Waals surface area contributed by atoms with E-state index >= 15 is 0 Å². The molecule has 4 rings (SSSR count). The van der Waals surface area contributed by atoms with Gasteiger partial charge in [0.1, 0.15) is 12.1 Å². The Morgan fingerprint density at radius 1 is 1.40 bits per heavy atom. The maximum Gasteiger partial charge on any atom is 0.219 e. The van der Waals surface area contributed by atoms with E-state index in [9.17, 15) is 9.90 Å². The highest BCUT2D eigenvalue weighted by Crippen LogP contribution is 2.36. The summed E-state index contributed by atoms with van der Waals surface area (Å²) in [6, 6.07) is -0.305. The highest BCUT2D eigenvalue weighted by Gasteiger charge is 2.51. The number of fused-ring (bicyclic) bond motifs is 2. The van der Waals surface area contributed by atoms with Crippen LogP contribution in [0.4, 0.5) is 0 Å². The Kier molecular flexibility index (Phi) is 4.53. The maximum atomic E-state index is 11.5. The van der Waals surface area contributed by atoms with Gasteiger partial charge in [-0.1, -0.05) is 0 Å². The zero-order valence-electron chi connectivity index (χ0n) is 14.7. The first-order chi connectivity index (χ1) is 12.0. The molecule has 0 aliphatic carbocycles. The third kappa shape index (κ3) is 3.19. The predicted octanol–water partition coefficient (Wildman–Crippen LogP) is -0.182. The van der Waals surface area contributed by atoms with Gasteiger partial charge in [0, 0.05) is 32.3 Å². The lowest BCUT2D eigenvalue weighted by molar-refractivity contribution is -0.169. The minimum Gasteiger partial charge on any atom is -0.389 e. The van der Waals surface area contributed by atoms with E-state index < -0.39 is 12.4 Å². The molecule has 2 bridgehead atoms. The lowest BCUT2D eigenvalue weighted by atomic mass is 9.93. The minimum atomic E-state index is -0.642. The van der Waals surface area contributed by atoms with Crippen molar-refractivity contribution in [1.82, 2.24) is 20.0 Å². The summed E-state index contributed by atoms with van der Waals surface area (Å²) in [6.45, 7) is 5.56. The summed E-state index contributed by atoms with van der Waals surface area (Å²) in [5.74, 6) is 0.126. The number of ether oxygens (including phenoxy) is 2. The van der Waals surface area contributed by atoms with Gasteiger partial charge in [-0.2, -0.15) is 5.10 Å². The van der Waals surface area contributed by atoms with Gasteiger partial charge in [0.25, 0.3) is 0 Å². The first kappa shape index (κ1) is 17.0. The second-order valence-corrected chi connectivity index (χ2v) is 7.33. The number of aliphatic hydroxyl groups excluding tert-OH is 1. The molecule has 1 amide bonds. The molecule has 0 radical (unpaired) electrons. The molecule has 3 aliphatic heterocycles. The molecule has 3 fully saturated rings. The zero-order valence-corrected chi connectivity index (χ0v) is 14.7. The van der Waals surface area contributed by atoms with Gasteiger partial charge >= 0.3 is 0 Å². The summed E-state index contributed by atoms with van der Waals surface area (Å²) < 4.78 is 13.5. The first-order valence-corrected chi connectivity index (χ1v) is 9.00. The van der Waals surface area contributed by atoms with Gasteiger partial charge in [0.05, 0.1) is 24.9 Å². The fourth-order valence-corrected chi connectivity index (χ4v) is 4.12. The molecule has 3 aliphatic rings. The number of hydrogen-bond acceptors (Lipinski definition) is 6. The van der Waals surface area contributed by atoms with Crippen LogP contribution in [0.2, 0.25) is 0 Å². The Hall–Kier alpha value is -1.48. The number of likely N-dealkylation sites (tertiary alicyclic amines) is 1. The van der Waals surface area contributed by atoms with Crippen molar-refractivity contribution in [3.63, 3.8) is 0 Å². The van der Waals surface area contributed by atoms with Crippen LogP contribution in [0.5, 0.6) is 0 Å². The molecule has 0 spiro atoms. The molecule has 25 heavy (non-hydrogen) atoms. The van der Waals surface area contributed by atoms with Gasteiger partial charge in [0.15, 0.2) is 6.29 Å². The van der Waals surface area contributed by atoms with Crippen LogP contribution >= 0.6 is 0 Å². The molecule has 3 saturated heterocycles. The molecule has 4 heterocycles. The summed E-state index contributed by atoms with van der Waals surface area (Å²) in [6.07, 6.45) is 4.18. The molecule has 1 aromatic heterocycles. The molecule has 2 N–H and O–H groups in total. The van der Waals surface area contributed by atoms with E-state index in [0.717, 1.165) is 31.5 Å². The first-order valence-electron chi connectivity index (χ1n) is 9.00. The van der Waals surface area contributed by atoms with Gasteiger partial charge in [-0.25, -0.2) is 0 Å². The number of nitrogens with one attached hydrogen (secondary N) is 1. The van der Waals surface area contributed by atoms with E-state index in [-0.39, 0.29) is 30.1 Å². The highest BCUT2D eigenvalue weighted by molar-refractivity contribution is 5.73. The van der Waals surface area contributed by atoms with Gasteiger partial charge in [-0.15, -0.1) is 0 Å². The number of carbonyl (C=O) groups excluding carboxylic acids is 1. The predicted molar refractivity (Wildman–Crippen MR) is 88.8 cm³/mol. The third-order valence-corrected chi connectivity index (χ3v) is 5.54. The third-order valence-electron chi connectivity index (χ3n) is 5.54. The van der Waals surface area contributed by atoms with E-state index in [1.807, 2.05) is 18.0 Å². The number of nitrogens with zero attached hydrogens (tertiary/aromatic N) is 3. The number of carbonyl (C=O) groups is 1.